The van der Waals surface area contributed by atoms with Crippen LogP contribution in [0.5, 0.6) is 0 Å². The molecule has 0 radical (unpaired) electrons. The molecular formula is C34H51NO2S. The Balaban J connectivity index is 1.37. The van der Waals surface area contributed by atoms with Crippen LogP contribution < -0.4 is 4.31 Å². The number of hydrogen-bond acceptors (Lipinski definition) is 2. The summed E-state index contributed by atoms with van der Waals surface area (Å²) in [5.41, 5.74) is 3.71. The first-order valence-corrected chi connectivity index (χ1v) is 16.8. The van der Waals surface area contributed by atoms with E-state index in [1.807, 2.05) is 43.3 Å². The molecule has 0 fully saturated rings. The Morgan fingerprint density at radius 3 is 1.68 bits per heavy atom. The number of nitrogens with zero attached hydrogens (tertiary/aromatic N) is 1. The third-order valence-corrected chi connectivity index (χ3v) is 9.92. The molecule has 2 aromatic carbocycles. The molecule has 0 saturated carbocycles. The Hall–Kier alpha value is -2.07. The Bertz CT molecular complexity index is 1070. The SMILES string of the molecule is C=C1c2ccccc2N(S(=O)(=O)c2ccc(C)cc2)C1CCCCCCCCCCCCCCCCCC. The molecule has 0 amide bonds. The number of fused-ring (bicyclic) bond motifs is 1. The number of benzene rings is 2. The van der Waals surface area contributed by atoms with Gasteiger partial charge in [0.1, 0.15) is 0 Å². The Labute approximate surface area is 233 Å². The van der Waals surface area contributed by atoms with Gasteiger partial charge < -0.3 is 0 Å². The van der Waals surface area contributed by atoms with Gasteiger partial charge in [-0.1, -0.05) is 152 Å². The number of unbranched alkanes of at least 4 members (excludes halogenated alkanes) is 15. The molecule has 3 nitrogen and oxygen atoms in total. The molecule has 2 aromatic rings. The fourth-order valence-electron chi connectivity index (χ4n) is 5.72. The average Bonchev–Trinajstić information content (AvgIpc) is 3.21. The number of anilines is 1. The first-order chi connectivity index (χ1) is 18.5. The summed E-state index contributed by atoms with van der Waals surface area (Å²) in [6, 6.07) is 14.8. The van der Waals surface area contributed by atoms with E-state index in [1.165, 1.54) is 89.9 Å². The first-order valence-electron chi connectivity index (χ1n) is 15.4. The van der Waals surface area contributed by atoms with Gasteiger partial charge in [0.15, 0.2) is 0 Å². The van der Waals surface area contributed by atoms with Crippen molar-refractivity contribution in [3.05, 3.63) is 66.2 Å². The molecule has 1 aliphatic rings. The van der Waals surface area contributed by atoms with Gasteiger partial charge in [0.2, 0.25) is 0 Å². The lowest BCUT2D eigenvalue weighted by molar-refractivity contribution is 0.524. The fourth-order valence-corrected chi connectivity index (χ4v) is 7.42. The highest BCUT2D eigenvalue weighted by Gasteiger charge is 2.40. The third-order valence-electron chi connectivity index (χ3n) is 8.08. The lowest BCUT2D eigenvalue weighted by Crippen LogP contribution is -2.37. The summed E-state index contributed by atoms with van der Waals surface area (Å²) in [5, 5.41) is 0. The highest BCUT2D eigenvalue weighted by Crippen LogP contribution is 2.44. The summed E-state index contributed by atoms with van der Waals surface area (Å²) in [4.78, 5) is 0.351. The van der Waals surface area contributed by atoms with Crippen molar-refractivity contribution in [2.75, 3.05) is 4.31 Å². The van der Waals surface area contributed by atoms with Gasteiger partial charge in [-0.25, -0.2) is 8.42 Å². The zero-order chi connectivity index (χ0) is 27.2. The van der Waals surface area contributed by atoms with Crippen molar-refractivity contribution < 1.29 is 8.42 Å². The summed E-state index contributed by atoms with van der Waals surface area (Å²) < 4.78 is 29.1. The monoisotopic (exact) mass is 537 g/mol. The van der Waals surface area contributed by atoms with Crippen molar-refractivity contribution in [3.63, 3.8) is 0 Å². The summed E-state index contributed by atoms with van der Waals surface area (Å²) in [7, 11) is -3.65. The van der Waals surface area contributed by atoms with Crippen LogP contribution in [0.4, 0.5) is 5.69 Å². The molecule has 1 unspecified atom stereocenters. The minimum Gasteiger partial charge on any atom is -0.258 e. The van der Waals surface area contributed by atoms with Gasteiger partial charge in [-0.2, -0.15) is 0 Å². The van der Waals surface area contributed by atoms with Crippen molar-refractivity contribution in [1.82, 2.24) is 0 Å². The molecule has 1 atom stereocenters. The maximum Gasteiger partial charge on any atom is 0.264 e. The predicted molar refractivity (Wildman–Crippen MR) is 164 cm³/mol. The number of hydrogen-bond donors (Lipinski definition) is 0. The fraction of sp³-hybridized carbons (Fsp3) is 0.588. The lowest BCUT2D eigenvalue weighted by atomic mass is 9.99. The second kappa shape index (κ2) is 16.1. The molecule has 0 N–H and O–H groups in total. The predicted octanol–water partition coefficient (Wildman–Crippen LogP) is 10.2. The van der Waals surface area contributed by atoms with Crippen LogP contribution >= 0.6 is 0 Å². The second-order valence-corrected chi connectivity index (χ2v) is 13.1. The van der Waals surface area contributed by atoms with E-state index in [-0.39, 0.29) is 6.04 Å². The van der Waals surface area contributed by atoms with Crippen LogP contribution in [0, 0.1) is 6.92 Å². The quantitative estimate of drug-likeness (QED) is 0.167. The van der Waals surface area contributed by atoms with Crippen LogP contribution in [-0.2, 0) is 10.0 Å². The molecular weight excluding hydrogens is 486 g/mol. The molecule has 0 saturated heterocycles. The number of sulfonamides is 1. The average molecular weight is 538 g/mol. The molecule has 0 aliphatic carbocycles. The van der Waals surface area contributed by atoms with E-state index in [4.69, 9.17) is 0 Å². The highest BCUT2D eigenvalue weighted by atomic mass is 32.2. The molecule has 0 bridgehead atoms. The van der Waals surface area contributed by atoms with Gasteiger partial charge in [0, 0.05) is 5.56 Å². The summed E-state index contributed by atoms with van der Waals surface area (Å²) >= 11 is 0. The van der Waals surface area contributed by atoms with E-state index in [1.54, 1.807) is 16.4 Å². The normalized spacial score (nSPS) is 15.3. The van der Waals surface area contributed by atoms with Crippen LogP contribution in [0.15, 0.2) is 60.0 Å². The van der Waals surface area contributed by atoms with Gasteiger partial charge in [0.25, 0.3) is 10.0 Å². The van der Waals surface area contributed by atoms with Crippen LogP contribution in [0.25, 0.3) is 5.57 Å². The minimum absolute atomic E-state index is 0.203. The Kier molecular flexibility index (Phi) is 12.9. The number of aryl methyl sites for hydroxylation is 1. The largest absolute Gasteiger partial charge is 0.264 e. The van der Waals surface area contributed by atoms with Crippen LogP contribution in [-0.4, -0.2) is 14.5 Å². The smallest absolute Gasteiger partial charge is 0.258 e. The minimum atomic E-state index is -3.65. The van der Waals surface area contributed by atoms with Gasteiger partial charge in [0.05, 0.1) is 16.6 Å². The number of rotatable bonds is 19. The molecule has 38 heavy (non-hydrogen) atoms. The van der Waals surface area contributed by atoms with E-state index in [0.717, 1.165) is 41.6 Å². The van der Waals surface area contributed by atoms with E-state index in [9.17, 15) is 8.42 Å². The van der Waals surface area contributed by atoms with Gasteiger partial charge in [-0.3, -0.25) is 4.31 Å². The molecule has 0 spiro atoms. The van der Waals surface area contributed by atoms with E-state index >= 15 is 0 Å². The van der Waals surface area contributed by atoms with Crippen LogP contribution in [0.1, 0.15) is 127 Å². The molecule has 1 aliphatic heterocycles. The Morgan fingerprint density at radius 2 is 1.16 bits per heavy atom. The molecule has 1 heterocycles. The third kappa shape index (κ3) is 8.73. The Morgan fingerprint density at radius 1 is 0.684 bits per heavy atom. The second-order valence-electron chi connectivity index (χ2n) is 11.3. The summed E-state index contributed by atoms with van der Waals surface area (Å²) in [6.45, 7) is 8.59. The maximum atomic E-state index is 13.7. The molecule has 0 aromatic heterocycles. The standard InChI is InChI=1S/C34H51NO2S/c1-4-5-6-7-8-9-10-11-12-13-14-15-16-17-18-19-23-33-30(3)32-22-20-21-24-34(32)35(33)38(36,37)31-27-25-29(2)26-28-31/h20-22,24-28,33H,3-19,23H2,1-2H3. The van der Waals surface area contributed by atoms with Gasteiger partial charge in [-0.15, -0.1) is 0 Å². The van der Waals surface area contributed by atoms with Crippen LogP contribution in [0.2, 0.25) is 0 Å². The molecule has 210 valence electrons. The number of para-hydroxylation sites is 1. The lowest BCUT2D eigenvalue weighted by Gasteiger charge is -2.27. The van der Waals surface area contributed by atoms with Gasteiger partial charge >= 0.3 is 0 Å². The topological polar surface area (TPSA) is 37.4 Å². The maximum absolute atomic E-state index is 13.7. The van der Waals surface area contributed by atoms with Crippen molar-refractivity contribution in [2.24, 2.45) is 0 Å². The van der Waals surface area contributed by atoms with E-state index in [2.05, 4.69) is 13.5 Å². The van der Waals surface area contributed by atoms with E-state index < -0.39 is 10.0 Å². The first kappa shape index (κ1) is 30.5. The van der Waals surface area contributed by atoms with Gasteiger partial charge in [-0.05, 0) is 37.1 Å². The van der Waals surface area contributed by atoms with Crippen molar-refractivity contribution in [1.29, 1.82) is 0 Å². The van der Waals surface area contributed by atoms with E-state index in [0.29, 0.717) is 4.90 Å². The van der Waals surface area contributed by atoms with Crippen molar-refractivity contribution in [3.8, 4) is 0 Å². The summed E-state index contributed by atoms with van der Waals surface area (Å²) in [6.07, 6.45) is 22.2. The van der Waals surface area contributed by atoms with Crippen LogP contribution in [0.3, 0.4) is 0 Å². The zero-order valence-electron chi connectivity index (χ0n) is 24.1. The van der Waals surface area contributed by atoms with Crippen molar-refractivity contribution >= 4 is 21.3 Å². The zero-order valence-corrected chi connectivity index (χ0v) is 24.9. The van der Waals surface area contributed by atoms with Crippen molar-refractivity contribution in [2.45, 2.75) is 134 Å². The highest BCUT2D eigenvalue weighted by molar-refractivity contribution is 7.93. The molecule has 4 heteroatoms. The molecule has 3 rings (SSSR count). The summed E-state index contributed by atoms with van der Waals surface area (Å²) in [5.74, 6) is 0.